The molecule has 9 nitrogen and oxygen atoms in total. The van der Waals surface area contributed by atoms with E-state index in [2.05, 4.69) is 20.5 Å². The van der Waals surface area contributed by atoms with Crippen LogP contribution in [-0.2, 0) is 11.3 Å². The van der Waals surface area contributed by atoms with E-state index < -0.39 is 0 Å². The van der Waals surface area contributed by atoms with E-state index in [1.54, 1.807) is 30.3 Å². The molecule has 2 aliphatic rings. The molecule has 2 N–H and O–H groups in total. The minimum atomic E-state index is -0.146. The van der Waals surface area contributed by atoms with E-state index in [0.29, 0.717) is 50.6 Å². The summed E-state index contributed by atoms with van der Waals surface area (Å²) in [7, 11) is 1.62. The van der Waals surface area contributed by atoms with Crippen LogP contribution in [0.15, 0.2) is 42.6 Å². The van der Waals surface area contributed by atoms with Crippen LogP contribution in [0.25, 0.3) is 0 Å². The fraction of sp³-hybridized carbons (Fsp3) is 0.458. The monoisotopic (exact) mass is 453 g/mol. The van der Waals surface area contributed by atoms with E-state index in [0.717, 1.165) is 30.8 Å². The van der Waals surface area contributed by atoms with E-state index in [4.69, 9.17) is 9.47 Å². The SMILES string of the molecule is COc1cccc(CNC(=O)N2CCN(c3ncccc3C(=O)NC[C@@H]3CCCO3)CC2)c1. The maximum absolute atomic E-state index is 12.8. The maximum Gasteiger partial charge on any atom is 0.317 e. The summed E-state index contributed by atoms with van der Waals surface area (Å²) in [5, 5.41) is 5.94. The topological polar surface area (TPSA) is 96.0 Å². The summed E-state index contributed by atoms with van der Waals surface area (Å²) in [6.45, 7) is 4.02. The highest BCUT2D eigenvalue weighted by Crippen LogP contribution is 2.20. The molecular formula is C24H31N5O4. The number of aromatic nitrogens is 1. The van der Waals surface area contributed by atoms with Crippen molar-refractivity contribution >= 4 is 17.8 Å². The van der Waals surface area contributed by atoms with Gasteiger partial charge >= 0.3 is 6.03 Å². The molecule has 2 saturated heterocycles. The summed E-state index contributed by atoms with van der Waals surface area (Å²) in [6.07, 6.45) is 3.80. The molecule has 0 bridgehead atoms. The van der Waals surface area contributed by atoms with Crippen LogP contribution in [0.4, 0.5) is 10.6 Å². The van der Waals surface area contributed by atoms with Crippen LogP contribution in [0.2, 0.25) is 0 Å². The highest BCUT2D eigenvalue weighted by molar-refractivity contribution is 5.99. The average Bonchev–Trinajstić information content (AvgIpc) is 3.40. The summed E-state index contributed by atoms with van der Waals surface area (Å²) in [5.74, 6) is 1.27. The second-order valence-corrected chi connectivity index (χ2v) is 8.20. The third kappa shape index (κ3) is 5.92. The Kier molecular flexibility index (Phi) is 7.62. The van der Waals surface area contributed by atoms with Crippen molar-refractivity contribution in [3.8, 4) is 5.75 Å². The van der Waals surface area contributed by atoms with Crippen molar-refractivity contribution in [2.24, 2.45) is 0 Å². The Morgan fingerprint density at radius 1 is 1.15 bits per heavy atom. The lowest BCUT2D eigenvalue weighted by molar-refractivity contribution is 0.0857. The number of nitrogens with zero attached hydrogens (tertiary/aromatic N) is 3. The number of pyridine rings is 1. The lowest BCUT2D eigenvalue weighted by Crippen LogP contribution is -2.52. The fourth-order valence-electron chi connectivity index (χ4n) is 4.13. The van der Waals surface area contributed by atoms with Crippen molar-refractivity contribution in [3.05, 3.63) is 53.7 Å². The lowest BCUT2D eigenvalue weighted by atomic mass is 10.2. The molecular weight excluding hydrogens is 422 g/mol. The van der Waals surface area contributed by atoms with Gasteiger partial charge in [-0.05, 0) is 42.7 Å². The minimum Gasteiger partial charge on any atom is -0.497 e. The Morgan fingerprint density at radius 3 is 2.76 bits per heavy atom. The molecule has 9 heteroatoms. The normalized spacial score (nSPS) is 18.2. The second-order valence-electron chi connectivity index (χ2n) is 8.20. The third-order valence-electron chi connectivity index (χ3n) is 5.99. The predicted molar refractivity (Wildman–Crippen MR) is 125 cm³/mol. The minimum absolute atomic E-state index is 0.0908. The molecule has 33 heavy (non-hydrogen) atoms. The first-order valence-electron chi connectivity index (χ1n) is 11.4. The molecule has 0 saturated carbocycles. The number of piperazine rings is 1. The molecule has 3 heterocycles. The van der Waals surface area contributed by atoms with Crippen LogP contribution < -0.4 is 20.3 Å². The summed E-state index contributed by atoms with van der Waals surface area (Å²) >= 11 is 0. The molecule has 2 aromatic rings. The number of benzene rings is 1. The number of methoxy groups -OCH3 is 1. The zero-order valence-corrected chi connectivity index (χ0v) is 19.0. The number of rotatable bonds is 7. The van der Waals surface area contributed by atoms with Crippen LogP contribution in [-0.4, -0.2) is 74.4 Å². The first-order chi connectivity index (χ1) is 16.1. The Hall–Kier alpha value is -3.33. The highest BCUT2D eigenvalue weighted by Gasteiger charge is 2.25. The van der Waals surface area contributed by atoms with Gasteiger partial charge in [-0.1, -0.05) is 12.1 Å². The summed E-state index contributed by atoms with van der Waals surface area (Å²) in [5.41, 5.74) is 1.53. The maximum atomic E-state index is 12.8. The quantitative estimate of drug-likeness (QED) is 0.666. The smallest absolute Gasteiger partial charge is 0.317 e. The van der Waals surface area contributed by atoms with Gasteiger partial charge < -0.3 is 29.9 Å². The van der Waals surface area contributed by atoms with Gasteiger partial charge in [-0.25, -0.2) is 9.78 Å². The van der Waals surface area contributed by atoms with Gasteiger partial charge in [0.25, 0.3) is 5.91 Å². The number of carbonyl (C=O) groups excluding carboxylic acids is 2. The number of hydrogen-bond acceptors (Lipinski definition) is 6. The first-order valence-corrected chi connectivity index (χ1v) is 11.4. The van der Waals surface area contributed by atoms with Crippen molar-refractivity contribution in [3.63, 3.8) is 0 Å². The largest absolute Gasteiger partial charge is 0.497 e. The van der Waals surface area contributed by atoms with Gasteiger partial charge in [0.1, 0.15) is 11.6 Å². The number of ether oxygens (including phenoxy) is 2. The van der Waals surface area contributed by atoms with E-state index in [9.17, 15) is 9.59 Å². The third-order valence-corrected chi connectivity index (χ3v) is 5.99. The standard InChI is InChI=1S/C24H31N5O4/c1-32-19-6-2-5-18(15-19)16-27-24(31)29-12-10-28(11-13-29)22-21(8-3-9-25-22)23(30)26-17-20-7-4-14-33-20/h2-3,5-6,8-9,15,20H,4,7,10-14,16-17H2,1H3,(H,26,30)(H,27,31)/t20-/m0/s1. The number of urea groups is 1. The molecule has 3 amide bonds. The van der Waals surface area contributed by atoms with Crippen molar-refractivity contribution in [1.82, 2.24) is 20.5 Å². The van der Waals surface area contributed by atoms with Crippen molar-refractivity contribution in [2.75, 3.05) is 51.3 Å². The first kappa shape index (κ1) is 22.8. The molecule has 2 fully saturated rings. The highest BCUT2D eigenvalue weighted by atomic mass is 16.5. The molecule has 176 valence electrons. The molecule has 0 aliphatic carbocycles. The zero-order valence-electron chi connectivity index (χ0n) is 19.0. The molecule has 2 aliphatic heterocycles. The Labute approximate surface area is 194 Å². The van der Waals surface area contributed by atoms with Crippen LogP contribution >= 0.6 is 0 Å². The Balaban J connectivity index is 1.29. The van der Waals surface area contributed by atoms with Crippen molar-refractivity contribution < 1.29 is 19.1 Å². The van der Waals surface area contributed by atoms with Gasteiger partial charge in [0, 0.05) is 52.1 Å². The van der Waals surface area contributed by atoms with Crippen LogP contribution in [0.3, 0.4) is 0 Å². The van der Waals surface area contributed by atoms with Gasteiger partial charge in [-0.3, -0.25) is 4.79 Å². The molecule has 1 atom stereocenters. The van der Waals surface area contributed by atoms with Crippen LogP contribution in [0, 0.1) is 0 Å². The van der Waals surface area contributed by atoms with Gasteiger partial charge in [0.15, 0.2) is 0 Å². The molecule has 1 aromatic carbocycles. The summed E-state index contributed by atoms with van der Waals surface area (Å²) in [4.78, 5) is 33.7. The van der Waals surface area contributed by atoms with Gasteiger partial charge in [-0.15, -0.1) is 0 Å². The second kappa shape index (κ2) is 11.0. The zero-order chi connectivity index (χ0) is 23.0. The summed E-state index contributed by atoms with van der Waals surface area (Å²) < 4.78 is 10.8. The van der Waals surface area contributed by atoms with E-state index in [-0.39, 0.29) is 18.0 Å². The van der Waals surface area contributed by atoms with E-state index >= 15 is 0 Å². The fourth-order valence-corrected chi connectivity index (χ4v) is 4.13. The van der Waals surface area contributed by atoms with Gasteiger partial charge in [0.05, 0.1) is 18.8 Å². The van der Waals surface area contributed by atoms with E-state index in [1.807, 2.05) is 24.3 Å². The summed E-state index contributed by atoms with van der Waals surface area (Å²) in [6, 6.07) is 11.1. The predicted octanol–water partition coefficient (Wildman–Crippen LogP) is 2.03. The number of hydrogen-bond donors (Lipinski definition) is 2. The Bertz CT molecular complexity index is 955. The van der Waals surface area contributed by atoms with Crippen molar-refractivity contribution in [1.29, 1.82) is 0 Å². The molecule has 1 aromatic heterocycles. The molecule has 0 spiro atoms. The lowest BCUT2D eigenvalue weighted by Gasteiger charge is -2.36. The van der Waals surface area contributed by atoms with Gasteiger partial charge in [0.2, 0.25) is 0 Å². The van der Waals surface area contributed by atoms with Crippen LogP contribution in [0.1, 0.15) is 28.8 Å². The van der Waals surface area contributed by atoms with Crippen LogP contribution in [0.5, 0.6) is 5.75 Å². The number of amides is 3. The number of carbonyl (C=O) groups is 2. The molecule has 0 unspecified atom stereocenters. The molecule has 4 rings (SSSR count). The van der Waals surface area contributed by atoms with Crippen molar-refractivity contribution in [2.45, 2.75) is 25.5 Å². The Morgan fingerprint density at radius 2 is 2.00 bits per heavy atom. The van der Waals surface area contributed by atoms with E-state index in [1.165, 1.54) is 0 Å². The van der Waals surface area contributed by atoms with Gasteiger partial charge in [-0.2, -0.15) is 0 Å². The number of anilines is 1. The molecule has 0 radical (unpaired) electrons. The average molecular weight is 454 g/mol. The number of nitrogens with one attached hydrogen (secondary N) is 2.